The number of aliphatic hydroxyl groups is 1. The van der Waals surface area contributed by atoms with E-state index in [0.29, 0.717) is 19.6 Å². The average molecular weight is 326 g/mol. The zero-order valence-electron chi connectivity index (χ0n) is 14.6. The van der Waals surface area contributed by atoms with Crippen molar-refractivity contribution in [2.75, 3.05) is 13.2 Å². The second kappa shape index (κ2) is 9.52. The molecule has 1 aromatic heterocycles. The Morgan fingerprint density at radius 1 is 1.48 bits per heavy atom. The highest BCUT2D eigenvalue weighted by Gasteiger charge is 2.17. The predicted octanol–water partition coefficient (Wildman–Crippen LogP) is 1.66. The van der Waals surface area contributed by atoms with Crippen LogP contribution in [0.3, 0.4) is 0 Å². The Bertz CT molecular complexity index is 468. The van der Waals surface area contributed by atoms with Crippen molar-refractivity contribution in [2.24, 2.45) is 0 Å². The van der Waals surface area contributed by atoms with Gasteiger partial charge in [-0.1, -0.05) is 13.3 Å². The lowest BCUT2D eigenvalue weighted by Crippen LogP contribution is -2.42. The van der Waals surface area contributed by atoms with Crippen LogP contribution < -0.4 is 10.6 Å². The highest BCUT2D eigenvalue weighted by molar-refractivity contribution is 5.67. The first-order valence-corrected chi connectivity index (χ1v) is 8.16. The van der Waals surface area contributed by atoms with Gasteiger partial charge in [-0.3, -0.25) is 4.68 Å². The Morgan fingerprint density at radius 2 is 2.22 bits per heavy atom. The van der Waals surface area contributed by atoms with E-state index in [1.54, 1.807) is 10.9 Å². The first-order valence-electron chi connectivity index (χ1n) is 8.16. The molecule has 0 aromatic carbocycles. The molecule has 0 saturated heterocycles. The maximum Gasteiger partial charge on any atom is 0.407 e. The fraction of sp³-hybridized carbons (Fsp3) is 0.750. The fourth-order valence-electron chi connectivity index (χ4n) is 2.13. The minimum Gasteiger partial charge on any atom is -0.444 e. The molecule has 0 spiro atoms. The van der Waals surface area contributed by atoms with Gasteiger partial charge < -0.3 is 20.5 Å². The van der Waals surface area contributed by atoms with Crippen LogP contribution in [0.1, 0.15) is 46.1 Å². The van der Waals surface area contributed by atoms with Crippen LogP contribution in [0.25, 0.3) is 0 Å². The van der Waals surface area contributed by atoms with Crippen molar-refractivity contribution in [1.29, 1.82) is 0 Å². The molecule has 23 heavy (non-hydrogen) atoms. The lowest BCUT2D eigenvalue weighted by atomic mass is 10.1. The molecule has 132 valence electrons. The Morgan fingerprint density at radius 3 is 2.83 bits per heavy atom. The third-order valence-corrected chi connectivity index (χ3v) is 3.14. The van der Waals surface area contributed by atoms with Gasteiger partial charge in [0.15, 0.2) is 0 Å². The van der Waals surface area contributed by atoms with Gasteiger partial charge in [0, 0.05) is 30.9 Å². The van der Waals surface area contributed by atoms with E-state index in [2.05, 4.69) is 22.7 Å². The van der Waals surface area contributed by atoms with Crippen LogP contribution in [-0.2, 0) is 17.8 Å². The molecule has 1 unspecified atom stereocenters. The average Bonchev–Trinajstić information content (AvgIpc) is 2.88. The highest BCUT2D eigenvalue weighted by atomic mass is 16.6. The summed E-state index contributed by atoms with van der Waals surface area (Å²) in [5.74, 6) is 0. The number of carbonyl (C=O) groups excluding carboxylic acids is 1. The van der Waals surface area contributed by atoms with E-state index in [1.165, 1.54) is 0 Å². The number of amides is 1. The summed E-state index contributed by atoms with van der Waals surface area (Å²) in [6.07, 6.45) is 5.29. The number of aromatic nitrogens is 2. The molecule has 0 saturated carbocycles. The Labute approximate surface area is 138 Å². The van der Waals surface area contributed by atoms with Crippen molar-refractivity contribution in [1.82, 2.24) is 20.4 Å². The number of nitrogens with one attached hydrogen (secondary N) is 2. The van der Waals surface area contributed by atoms with E-state index in [4.69, 9.17) is 9.84 Å². The quantitative estimate of drug-likeness (QED) is 0.642. The van der Waals surface area contributed by atoms with Gasteiger partial charge in [0.1, 0.15) is 5.60 Å². The van der Waals surface area contributed by atoms with Gasteiger partial charge in [-0.05, 0) is 27.2 Å². The predicted molar refractivity (Wildman–Crippen MR) is 89.1 cm³/mol. The van der Waals surface area contributed by atoms with Gasteiger partial charge in [-0.15, -0.1) is 0 Å². The number of ether oxygens (including phenoxy) is 1. The molecule has 1 atom stereocenters. The second-order valence-electron chi connectivity index (χ2n) is 6.58. The van der Waals surface area contributed by atoms with Crippen LogP contribution in [0.5, 0.6) is 0 Å². The van der Waals surface area contributed by atoms with Gasteiger partial charge in [-0.2, -0.15) is 5.10 Å². The monoisotopic (exact) mass is 326 g/mol. The molecule has 1 rings (SSSR count). The van der Waals surface area contributed by atoms with Gasteiger partial charge >= 0.3 is 6.09 Å². The molecule has 0 aliphatic rings. The first kappa shape index (κ1) is 19.4. The standard InChI is InChI=1S/C16H30N4O3/c1-5-6-14(11-18-15(22)23-16(2,3)4)17-9-13-10-19-20(12-13)7-8-21/h10,12,14,17,21H,5-9,11H2,1-4H3,(H,18,22). The number of nitrogens with zero attached hydrogens (tertiary/aromatic N) is 2. The minimum atomic E-state index is -0.487. The van der Waals surface area contributed by atoms with E-state index in [-0.39, 0.29) is 12.6 Å². The SMILES string of the molecule is CCCC(CNC(=O)OC(C)(C)C)NCc1cnn(CCO)c1. The number of aliphatic hydroxyl groups excluding tert-OH is 1. The number of carbonyl (C=O) groups is 1. The molecule has 1 aromatic rings. The number of rotatable bonds is 9. The Hall–Kier alpha value is -1.60. The molecule has 0 aliphatic carbocycles. The summed E-state index contributed by atoms with van der Waals surface area (Å²) in [4.78, 5) is 11.7. The molecular formula is C16H30N4O3. The lowest BCUT2D eigenvalue weighted by molar-refractivity contribution is 0.0521. The second-order valence-corrected chi connectivity index (χ2v) is 6.58. The molecule has 0 bridgehead atoms. The summed E-state index contributed by atoms with van der Waals surface area (Å²) in [6.45, 7) is 9.42. The zero-order valence-corrected chi connectivity index (χ0v) is 14.6. The summed E-state index contributed by atoms with van der Waals surface area (Å²) >= 11 is 0. The maximum absolute atomic E-state index is 11.7. The number of hydrogen-bond donors (Lipinski definition) is 3. The van der Waals surface area contributed by atoms with Gasteiger partial charge in [0.25, 0.3) is 0 Å². The van der Waals surface area contributed by atoms with Gasteiger partial charge in [0.2, 0.25) is 0 Å². The first-order chi connectivity index (χ1) is 10.8. The third-order valence-electron chi connectivity index (χ3n) is 3.14. The smallest absolute Gasteiger partial charge is 0.407 e. The van der Waals surface area contributed by atoms with Crippen LogP contribution in [0.2, 0.25) is 0 Å². The van der Waals surface area contributed by atoms with E-state index in [9.17, 15) is 4.79 Å². The summed E-state index contributed by atoms with van der Waals surface area (Å²) < 4.78 is 6.96. The van der Waals surface area contributed by atoms with Gasteiger partial charge in [0.05, 0.1) is 19.3 Å². The van der Waals surface area contributed by atoms with Crippen molar-refractivity contribution >= 4 is 6.09 Å². The van der Waals surface area contributed by atoms with Gasteiger partial charge in [-0.25, -0.2) is 4.79 Å². The zero-order chi connectivity index (χ0) is 17.3. The summed E-state index contributed by atoms with van der Waals surface area (Å²) in [6, 6.07) is 0.175. The number of hydrogen-bond acceptors (Lipinski definition) is 5. The van der Waals surface area contributed by atoms with Crippen molar-refractivity contribution in [3.63, 3.8) is 0 Å². The highest BCUT2D eigenvalue weighted by Crippen LogP contribution is 2.07. The van der Waals surface area contributed by atoms with E-state index >= 15 is 0 Å². The molecule has 1 heterocycles. The van der Waals surface area contributed by atoms with Crippen molar-refractivity contribution in [2.45, 2.75) is 65.3 Å². The fourth-order valence-corrected chi connectivity index (χ4v) is 2.13. The van der Waals surface area contributed by atoms with E-state index in [0.717, 1.165) is 18.4 Å². The summed E-state index contributed by atoms with van der Waals surface area (Å²) in [5, 5.41) is 19.3. The molecule has 7 heteroatoms. The molecule has 3 N–H and O–H groups in total. The van der Waals surface area contributed by atoms with Crippen LogP contribution in [0.15, 0.2) is 12.4 Å². The normalized spacial score (nSPS) is 12.9. The summed E-state index contributed by atoms with van der Waals surface area (Å²) in [7, 11) is 0. The van der Waals surface area contributed by atoms with Crippen molar-refractivity contribution in [3.8, 4) is 0 Å². The van der Waals surface area contributed by atoms with Crippen LogP contribution in [0, 0.1) is 0 Å². The van der Waals surface area contributed by atoms with Crippen molar-refractivity contribution < 1.29 is 14.6 Å². The minimum absolute atomic E-state index is 0.0762. The Kier molecular flexibility index (Phi) is 8.05. The topological polar surface area (TPSA) is 88.4 Å². The molecule has 1 amide bonds. The largest absolute Gasteiger partial charge is 0.444 e. The molecule has 7 nitrogen and oxygen atoms in total. The van der Waals surface area contributed by atoms with Crippen LogP contribution in [0.4, 0.5) is 4.79 Å². The van der Waals surface area contributed by atoms with E-state index in [1.807, 2.05) is 27.0 Å². The third kappa shape index (κ3) is 8.56. The molecular weight excluding hydrogens is 296 g/mol. The number of alkyl carbamates (subject to hydrolysis) is 1. The van der Waals surface area contributed by atoms with Crippen LogP contribution in [-0.4, -0.2) is 45.8 Å². The Balaban J connectivity index is 2.40. The van der Waals surface area contributed by atoms with Crippen molar-refractivity contribution in [3.05, 3.63) is 18.0 Å². The molecule has 0 fully saturated rings. The maximum atomic E-state index is 11.7. The molecule has 0 aliphatic heterocycles. The van der Waals surface area contributed by atoms with Crippen LogP contribution >= 0.6 is 0 Å². The van der Waals surface area contributed by atoms with E-state index < -0.39 is 11.7 Å². The summed E-state index contributed by atoms with van der Waals surface area (Å²) in [5.41, 5.74) is 0.566. The lowest BCUT2D eigenvalue weighted by Gasteiger charge is -2.22. The molecule has 0 radical (unpaired) electrons.